The molecule has 0 unspecified atom stereocenters. The molecule has 1 aliphatic heterocycles. The molecule has 0 atom stereocenters. The molecule has 0 aromatic rings. The van der Waals surface area contributed by atoms with E-state index < -0.39 is 0 Å². The molecule has 72 valence electrons. The third kappa shape index (κ3) is 4.80. The summed E-state index contributed by atoms with van der Waals surface area (Å²) in [4.78, 5) is 14.9. The first-order chi connectivity index (χ1) is 5.70. The van der Waals surface area contributed by atoms with Crippen molar-refractivity contribution in [3.05, 3.63) is 0 Å². The summed E-state index contributed by atoms with van der Waals surface area (Å²) in [5.74, 6) is 0.202. The van der Waals surface area contributed by atoms with Crippen molar-refractivity contribution in [3.8, 4) is 0 Å². The van der Waals surface area contributed by atoms with Gasteiger partial charge in [-0.2, -0.15) is 0 Å². The van der Waals surface area contributed by atoms with E-state index in [1.54, 1.807) is 6.92 Å². The Kier molecular flexibility index (Phi) is 7.85. The Morgan fingerprint density at radius 2 is 1.58 bits per heavy atom. The monoisotopic (exact) mass is 396 g/mol. The molecular weight excluding hydrogens is 382 g/mol. The fraction of sp³-hybridized carbons (Fsp3) is 0.857. The lowest BCUT2D eigenvalue weighted by Gasteiger charge is -2.31. The summed E-state index contributed by atoms with van der Waals surface area (Å²) in [5.41, 5.74) is 0. The Hall–Kier alpha value is 0.890. The fourth-order valence-electron chi connectivity index (χ4n) is 1.12. The van der Waals surface area contributed by atoms with Crippen LogP contribution >= 0.6 is 37.2 Å². The molecule has 0 aromatic heterocycles. The number of nitrogens with zero attached hydrogens (tertiary/aromatic N) is 2. The molecule has 0 radical (unpaired) electrons. The van der Waals surface area contributed by atoms with Gasteiger partial charge in [-0.05, 0) is 7.05 Å². The third-order valence-corrected chi connectivity index (χ3v) is 1.95. The quantitative estimate of drug-likeness (QED) is 0.581. The summed E-state index contributed by atoms with van der Waals surface area (Å²) >= 11 is 4.24. The first-order valence-corrected chi connectivity index (χ1v) is 10.1. The maximum Gasteiger partial charge on any atom is 0.219 e. The number of rotatable bonds is 0. The Morgan fingerprint density at radius 1 is 1.17 bits per heavy atom. The zero-order valence-corrected chi connectivity index (χ0v) is 11.7. The Balaban J connectivity index is 0.000000561. The maximum absolute atomic E-state index is 10.8. The molecule has 1 fully saturated rings. The van der Waals surface area contributed by atoms with Crippen molar-refractivity contribution in [2.45, 2.75) is 6.92 Å². The molecule has 1 aliphatic rings. The van der Waals surface area contributed by atoms with Crippen molar-refractivity contribution in [1.82, 2.24) is 9.80 Å². The van der Waals surface area contributed by atoms with E-state index in [2.05, 4.69) is 49.2 Å². The minimum absolute atomic E-state index is 0.202. The molecule has 1 saturated heterocycles. The molecule has 12 heavy (non-hydrogen) atoms. The summed E-state index contributed by atoms with van der Waals surface area (Å²) in [6.45, 7) is 5.45. The average molecular weight is 396 g/mol. The average Bonchev–Trinajstić information content (AvgIpc) is 2.09. The number of likely N-dealkylation sites (N-methyl/N-ethyl adjacent to an activating group) is 1. The van der Waals surface area contributed by atoms with Gasteiger partial charge < -0.3 is 9.80 Å². The van der Waals surface area contributed by atoms with Gasteiger partial charge in [-0.25, -0.2) is 0 Å². The van der Waals surface area contributed by atoms with Gasteiger partial charge in [0.05, 0.1) is 0 Å². The predicted molar refractivity (Wildman–Crippen MR) is 67.8 cm³/mol. The van der Waals surface area contributed by atoms with E-state index >= 15 is 0 Å². The van der Waals surface area contributed by atoms with Crippen molar-refractivity contribution in [2.24, 2.45) is 0 Å². The van der Waals surface area contributed by atoms with Crippen LogP contribution in [-0.2, 0) is 4.79 Å². The molecule has 0 spiro atoms. The second kappa shape index (κ2) is 7.31. The van der Waals surface area contributed by atoms with Crippen LogP contribution in [-0.4, -0.2) is 48.9 Å². The molecule has 0 bridgehead atoms. The molecule has 3 nitrogen and oxygen atoms in total. The van der Waals surface area contributed by atoms with Gasteiger partial charge in [0.15, 0.2) is 0 Å². The van der Waals surface area contributed by atoms with Gasteiger partial charge in [0.2, 0.25) is 5.91 Å². The largest absolute Gasteiger partial charge is 0.340 e. The highest BCUT2D eigenvalue weighted by Gasteiger charge is 2.14. The van der Waals surface area contributed by atoms with E-state index in [1.165, 1.54) is 0 Å². The molecule has 5 heteroatoms. The molecule has 0 aromatic carbocycles. The minimum Gasteiger partial charge on any atom is -0.340 e. The number of hydrogen-bond donors (Lipinski definition) is 0. The Bertz CT molecular complexity index is 135. The van der Waals surface area contributed by atoms with Crippen LogP contribution in [0.5, 0.6) is 0 Å². The normalized spacial score (nSPS) is 18.2. The molecule has 0 saturated carbocycles. The predicted octanol–water partition coefficient (Wildman–Crippen LogP) is 1.55. The molecule has 0 N–H and O–H groups in total. The number of carbonyl (C=O) groups excluding carboxylic acids is 1. The third-order valence-electron chi connectivity index (χ3n) is 1.95. The summed E-state index contributed by atoms with van der Waals surface area (Å²) in [6.07, 6.45) is 0. The Morgan fingerprint density at radius 3 is 1.92 bits per heavy atom. The zero-order chi connectivity index (χ0) is 9.56. The molecule has 1 heterocycles. The maximum atomic E-state index is 10.8. The molecule has 0 aliphatic carbocycles. The van der Waals surface area contributed by atoms with Crippen molar-refractivity contribution in [1.29, 1.82) is 0 Å². The van der Waals surface area contributed by atoms with E-state index in [9.17, 15) is 4.79 Å². The highest BCUT2D eigenvalue weighted by molar-refractivity contribution is 15.0. The minimum atomic E-state index is 0.202. The van der Waals surface area contributed by atoms with Crippen molar-refractivity contribution < 1.29 is 4.79 Å². The van der Waals surface area contributed by atoms with E-state index in [0.29, 0.717) is 0 Å². The summed E-state index contributed by atoms with van der Waals surface area (Å²) in [5, 5.41) is 0. The molecule has 1 rings (SSSR count). The lowest BCUT2D eigenvalue weighted by molar-refractivity contribution is -0.130. The summed E-state index contributed by atoms with van der Waals surface area (Å²) in [6, 6.07) is 0. The number of piperazine rings is 1. The van der Waals surface area contributed by atoms with Gasteiger partial charge in [-0.15, -0.1) is 0 Å². The van der Waals surface area contributed by atoms with Crippen LogP contribution in [0.25, 0.3) is 0 Å². The second-order valence-corrected chi connectivity index (χ2v) is 2.81. The highest BCUT2D eigenvalue weighted by atomic mass is 128. The summed E-state index contributed by atoms with van der Waals surface area (Å²) in [7, 11) is 2.08. The molecular formula is C7H14I2N2O. The molecule has 1 amide bonds. The van der Waals surface area contributed by atoms with Crippen LogP contribution in [0.2, 0.25) is 0 Å². The first kappa shape index (κ1) is 12.9. The van der Waals surface area contributed by atoms with Crippen LogP contribution in [0.3, 0.4) is 0 Å². The van der Waals surface area contributed by atoms with Gasteiger partial charge in [-0.1, -0.05) is 0 Å². The lowest BCUT2D eigenvalue weighted by Crippen LogP contribution is -2.46. The van der Waals surface area contributed by atoms with Crippen LogP contribution in [0.15, 0.2) is 0 Å². The van der Waals surface area contributed by atoms with Gasteiger partial charge in [0.1, 0.15) is 0 Å². The van der Waals surface area contributed by atoms with Gasteiger partial charge in [0.25, 0.3) is 0 Å². The van der Waals surface area contributed by atoms with Crippen molar-refractivity contribution in [3.63, 3.8) is 0 Å². The number of halogens is 2. The van der Waals surface area contributed by atoms with E-state index in [-0.39, 0.29) is 5.91 Å². The van der Waals surface area contributed by atoms with E-state index in [4.69, 9.17) is 0 Å². The number of hydrogen-bond acceptors (Lipinski definition) is 2. The van der Waals surface area contributed by atoms with Gasteiger partial charge in [-0.3, -0.25) is 4.79 Å². The van der Waals surface area contributed by atoms with Crippen molar-refractivity contribution in [2.75, 3.05) is 33.2 Å². The topological polar surface area (TPSA) is 23.6 Å². The van der Waals surface area contributed by atoms with Crippen LogP contribution < -0.4 is 0 Å². The fourth-order valence-corrected chi connectivity index (χ4v) is 1.12. The van der Waals surface area contributed by atoms with Crippen molar-refractivity contribution >= 4 is 43.1 Å². The standard InChI is InChI=1S/C7H14N2O.I2/c1-7(10)9-5-3-8(2)4-6-9;1-2/h3-6H2,1-2H3;. The SMILES string of the molecule is CC(=O)N1CCN(C)CC1.II. The zero-order valence-electron chi connectivity index (χ0n) is 7.39. The first-order valence-electron chi connectivity index (χ1n) is 3.78. The van der Waals surface area contributed by atoms with Gasteiger partial charge >= 0.3 is 0 Å². The smallest absolute Gasteiger partial charge is 0.219 e. The summed E-state index contributed by atoms with van der Waals surface area (Å²) < 4.78 is 0. The van der Waals surface area contributed by atoms with Crippen LogP contribution in [0.1, 0.15) is 6.92 Å². The second-order valence-electron chi connectivity index (χ2n) is 2.81. The number of carbonyl (C=O) groups is 1. The van der Waals surface area contributed by atoms with E-state index in [0.717, 1.165) is 26.2 Å². The Labute approximate surface area is 97.2 Å². The van der Waals surface area contributed by atoms with Crippen LogP contribution in [0.4, 0.5) is 0 Å². The van der Waals surface area contributed by atoms with Gasteiger partial charge in [0, 0.05) is 70.3 Å². The number of amides is 1. The van der Waals surface area contributed by atoms with E-state index in [1.807, 2.05) is 4.90 Å². The van der Waals surface area contributed by atoms with Crippen LogP contribution in [0, 0.1) is 0 Å². The highest BCUT2D eigenvalue weighted by Crippen LogP contribution is 1.98. The lowest BCUT2D eigenvalue weighted by atomic mass is 10.3.